The van der Waals surface area contributed by atoms with Crippen LogP contribution in [0.15, 0.2) is 77.7 Å². The number of fused-ring (bicyclic) bond motifs is 1. The molecule has 0 radical (unpaired) electrons. The van der Waals surface area contributed by atoms with Gasteiger partial charge < -0.3 is 5.32 Å². The van der Waals surface area contributed by atoms with Crippen LogP contribution < -0.4 is 5.32 Å². The molecule has 4 aromatic rings. The largest absolute Gasteiger partial charge is 0.340 e. The van der Waals surface area contributed by atoms with Crippen molar-refractivity contribution in [3.63, 3.8) is 0 Å². The fraction of sp³-hybridized carbons (Fsp3) is 0.355. The fourth-order valence-electron chi connectivity index (χ4n) is 5.01. The minimum absolute atomic E-state index is 0.0628. The Labute approximate surface area is 232 Å². The van der Waals surface area contributed by atoms with E-state index in [1.54, 1.807) is 16.4 Å². The number of aromatic nitrogens is 2. The van der Waals surface area contributed by atoms with Crippen molar-refractivity contribution in [2.24, 2.45) is 0 Å². The monoisotopic (exact) mass is 543 g/mol. The van der Waals surface area contributed by atoms with Gasteiger partial charge in [-0.15, -0.1) is 0 Å². The van der Waals surface area contributed by atoms with Crippen LogP contribution in [0.1, 0.15) is 56.6 Å². The van der Waals surface area contributed by atoms with E-state index in [1.807, 2.05) is 36.4 Å². The highest BCUT2D eigenvalue weighted by atomic mass is 32.2. The summed E-state index contributed by atoms with van der Waals surface area (Å²) < 4.78 is 28.1. The van der Waals surface area contributed by atoms with Gasteiger partial charge in [0, 0.05) is 37.3 Å². The molecule has 204 valence electrons. The molecule has 0 amide bonds. The number of para-hydroxylation sites is 1. The summed E-state index contributed by atoms with van der Waals surface area (Å²) >= 11 is 0. The molecule has 1 aliphatic rings. The molecule has 3 aromatic carbocycles. The van der Waals surface area contributed by atoms with Crippen LogP contribution in [0.25, 0.3) is 10.9 Å². The first-order chi connectivity index (χ1) is 18.8. The molecule has 0 bridgehead atoms. The number of piperazine rings is 1. The van der Waals surface area contributed by atoms with Crippen LogP contribution in [0, 0.1) is 0 Å². The Hall–Kier alpha value is -3.33. The average Bonchev–Trinajstić information content (AvgIpc) is 2.97. The van der Waals surface area contributed by atoms with Gasteiger partial charge >= 0.3 is 0 Å². The van der Waals surface area contributed by atoms with Crippen LogP contribution in [0.2, 0.25) is 0 Å². The lowest BCUT2D eigenvalue weighted by Gasteiger charge is -2.36. The molecule has 7 nitrogen and oxygen atoms in total. The zero-order valence-corrected chi connectivity index (χ0v) is 23.9. The first kappa shape index (κ1) is 27.2. The van der Waals surface area contributed by atoms with Gasteiger partial charge in [-0.05, 0) is 66.8 Å². The van der Waals surface area contributed by atoms with Crippen molar-refractivity contribution in [3.8, 4) is 0 Å². The van der Waals surface area contributed by atoms with Crippen LogP contribution >= 0.6 is 0 Å². The highest BCUT2D eigenvalue weighted by Crippen LogP contribution is 2.29. The zero-order chi connectivity index (χ0) is 27.6. The standard InChI is InChI=1S/C31H37N5O2S/c1-5-24-10-16-27(17-11-24)39(37,38)36-20-18-35(19-21-36)23(4)30-33-29-9-7-6-8-28(29)31(34-30)32-26-14-12-25(13-15-26)22(2)3/h6-17,22-23H,5,18-21H2,1-4H3,(H,32,33,34). The van der Waals surface area contributed by atoms with E-state index >= 15 is 0 Å². The number of nitrogens with zero attached hydrogens (tertiary/aromatic N) is 4. The maximum Gasteiger partial charge on any atom is 0.243 e. The zero-order valence-electron chi connectivity index (χ0n) is 23.1. The molecule has 0 spiro atoms. The van der Waals surface area contributed by atoms with Gasteiger partial charge in [0.05, 0.1) is 16.5 Å². The van der Waals surface area contributed by atoms with Crippen LogP contribution in [0.4, 0.5) is 11.5 Å². The van der Waals surface area contributed by atoms with E-state index in [0.717, 1.165) is 40.2 Å². The molecule has 1 saturated heterocycles. The number of nitrogens with one attached hydrogen (secondary N) is 1. The van der Waals surface area contributed by atoms with Crippen molar-refractivity contribution in [2.45, 2.75) is 51.0 Å². The van der Waals surface area contributed by atoms with Crippen LogP contribution in [-0.2, 0) is 16.4 Å². The molecule has 0 aliphatic carbocycles. The van der Waals surface area contributed by atoms with Crippen molar-refractivity contribution < 1.29 is 8.42 Å². The van der Waals surface area contributed by atoms with E-state index in [2.05, 4.69) is 62.2 Å². The first-order valence-corrected chi connectivity index (χ1v) is 15.2. The number of benzene rings is 3. The third-order valence-corrected chi connectivity index (χ3v) is 9.54. The second-order valence-corrected chi connectivity index (χ2v) is 12.4. The van der Waals surface area contributed by atoms with Gasteiger partial charge in [-0.25, -0.2) is 18.4 Å². The smallest absolute Gasteiger partial charge is 0.243 e. The number of sulfonamides is 1. The van der Waals surface area contributed by atoms with Gasteiger partial charge in [-0.3, -0.25) is 4.90 Å². The number of hydrogen-bond acceptors (Lipinski definition) is 6. The highest BCUT2D eigenvalue weighted by molar-refractivity contribution is 7.89. The van der Waals surface area contributed by atoms with E-state index < -0.39 is 10.0 Å². The van der Waals surface area contributed by atoms with E-state index in [-0.39, 0.29) is 6.04 Å². The molecule has 8 heteroatoms. The Morgan fingerprint density at radius 1 is 0.846 bits per heavy atom. The molecule has 1 atom stereocenters. The van der Waals surface area contributed by atoms with E-state index in [1.165, 1.54) is 5.56 Å². The van der Waals surface area contributed by atoms with Crippen LogP contribution in [-0.4, -0.2) is 53.8 Å². The van der Waals surface area contributed by atoms with Crippen molar-refractivity contribution in [2.75, 3.05) is 31.5 Å². The van der Waals surface area contributed by atoms with Crippen molar-refractivity contribution >= 4 is 32.4 Å². The highest BCUT2D eigenvalue weighted by Gasteiger charge is 2.31. The predicted molar refractivity (Wildman–Crippen MR) is 158 cm³/mol. The summed E-state index contributed by atoms with van der Waals surface area (Å²) in [5.41, 5.74) is 4.28. The second-order valence-electron chi connectivity index (χ2n) is 10.5. The first-order valence-electron chi connectivity index (χ1n) is 13.7. The summed E-state index contributed by atoms with van der Waals surface area (Å²) in [6.45, 7) is 10.6. The van der Waals surface area contributed by atoms with Gasteiger partial charge in [0.1, 0.15) is 11.6 Å². The lowest BCUT2D eigenvalue weighted by atomic mass is 10.0. The van der Waals surface area contributed by atoms with Crippen LogP contribution in [0.3, 0.4) is 0 Å². The molecule has 39 heavy (non-hydrogen) atoms. The lowest BCUT2D eigenvalue weighted by molar-refractivity contribution is 0.141. The molecular weight excluding hydrogens is 506 g/mol. The Morgan fingerprint density at radius 2 is 1.51 bits per heavy atom. The molecule has 1 N–H and O–H groups in total. The molecular formula is C31H37N5O2S. The van der Waals surface area contributed by atoms with Crippen molar-refractivity contribution in [1.82, 2.24) is 19.2 Å². The van der Waals surface area contributed by atoms with Crippen LogP contribution in [0.5, 0.6) is 0 Å². The topological polar surface area (TPSA) is 78.4 Å². The summed E-state index contributed by atoms with van der Waals surface area (Å²) in [6.07, 6.45) is 0.884. The SMILES string of the molecule is CCc1ccc(S(=O)(=O)N2CCN(C(C)c3nc(Nc4ccc(C(C)C)cc4)c4ccccc4n3)CC2)cc1. The maximum absolute atomic E-state index is 13.2. The fourth-order valence-corrected chi connectivity index (χ4v) is 6.43. The maximum atomic E-state index is 13.2. The lowest BCUT2D eigenvalue weighted by Crippen LogP contribution is -2.49. The van der Waals surface area contributed by atoms with Crippen molar-refractivity contribution in [3.05, 3.63) is 89.7 Å². The summed E-state index contributed by atoms with van der Waals surface area (Å²) in [6, 6.07) is 23.7. The van der Waals surface area contributed by atoms with E-state index in [9.17, 15) is 8.42 Å². The molecule has 1 aliphatic heterocycles. The summed E-state index contributed by atoms with van der Waals surface area (Å²) in [4.78, 5) is 12.5. The predicted octanol–water partition coefficient (Wildman–Crippen LogP) is 6.13. The average molecular weight is 544 g/mol. The summed E-state index contributed by atoms with van der Waals surface area (Å²) in [7, 11) is -3.51. The Bertz CT molecular complexity index is 1530. The molecule has 1 unspecified atom stereocenters. The van der Waals surface area contributed by atoms with Crippen molar-refractivity contribution in [1.29, 1.82) is 0 Å². The Morgan fingerprint density at radius 3 is 2.15 bits per heavy atom. The van der Waals surface area contributed by atoms with Gasteiger partial charge in [0.25, 0.3) is 0 Å². The minimum Gasteiger partial charge on any atom is -0.340 e. The van der Waals surface area contributed by atoms with E-state index in [4.69, 9.17) is 9.97 Å². The molecule has 5 rings (SSSR count). The minimum atomic E-state index is -3.51. The number of aryl methyl sites for hydroxylation is 1. The number of rotatable bonds is 8. The quantitative estimate of drug-likeness (QED) is 0.288. The third-order valence-electron chi connectivity index (χ3n) is 7.62. The van der Waals surface area contributed by atoms with E-state index in [0.29, 0.717) is 37.0 Å². The summed E-state index contributed by atoms with van der Waals surface area (Å²) in [5, 5.41) is 4.47. The van der Waals surface area contributed by atoms with Gasteiger partial charge in [-0.2, -0.15) is 4.31 Å². The third kappa shape index (κ3) is 5.83. The molecule has 2 heterocycles. The second kappa shape index (κ2) is 11.4. The van der Waals surface area contributed by atoms with Gasteiger partial charge in [0.2, 0.25) is 10.0 Å². The Balaban J connectivity index is 1.33. The van der Waals surface area contributed by atoms with Gasteiger partial charge in [0.15, 0.2) is 0 Å². The molecule has 0 saturated carbocycles. The van der Waals surface area contributed by atoms with Gasteiger partial charge in [-0.1, -0.05) is 57.2 Å². The number of hydrogen-bond donors (Lipinski definition) is 1. The Kier molecular flexibility index (Phi) is 7.98. The normalized spacial score (nSPS) is 16.0. The molecule has 1 fully saturated rings. The molecule has 1 aromatic heterocycles. The number of anilines is 2. The summed E-state index contributed by atoms with van der Waals surface area (Å²) in [5.74, 6) is 1.97.